The number of amides is 1. The molecule has 3 heteroatoms. The van der Waals surface area contributed by atoms with E-state index < -0.39 is 0 Å². The van der Waals surface area contributed by atoms with Crippen LogP contribution in [0.3, 0.4) is 0 Å². The Balaban J connectivity index is 2.90. The van der Waals surface area contributed by atoms with Crippen molar-refractivity contribution in [3.8, 4) is 0 Å². The monoisotopic (exact) mass is 283 g/mol. The molecule has 16 heavy (non-hydrogen) atoms. The summed E-state index contributed by atoms with van der Waals surface area (Å²) < 4.78 is 0. The Labute approximate surface area is 106 Å². The summed E-state index contributed by atoms with van der Waals surface area (Å²) in [6.45, 7) is 6.82. The number of aryl methyl sites for hydroxylation is 1. The molecule has 1 rings (SSSR count). The van der Waals surface area contributed by atoms with Gasteiger partial charge in [0.05, 0.1) is 0 Å². The smallest absolute Gasteiger partial charge is 0.254 e. The molecule has 0 bridgehead atoms. The Morgan fingerprint density at radius 2 is 2.12 bits per heavy atom. The van der Waals surface area contributed by atoms with Crippen LogP contribution >= 0.6 is 15.9 Å². The van der Waals surface area contributed by atoms with Crippen LogP contribution in [0, 0.1) is 6.92 Å². The molecule has 88 valence electrons. The third-order valence-electron chi connectivity index (χ3n) is 2.47. The lowest BCUT2D eigenvalue weighted by Gasteiger charge is -2.26. The first-order valence-electron chi connectivity index (χ1n) is 5.50. The summed E-state index contributed by atoms with van der Waals surface area (Å²) in [5.74, 6) is 0.109. The highest BCUT2D eigenvalue weighted by Crippen LogP contribution is 2.10. The molecule has 0 heterocycles. The fraction of sp³-hybridized carbons (Fsp3) is 0.462. The first-order chi connectivity index (χ1) is 7.56. The van der Waals surface area contributed by atoms with Crippen LogP contribution in [0.15, 0.2) is 24.3 Å². The third kappa shape index (κ3) is 3.34. The van der Waals surface area contributed by atoms with E-state index in [4.69, 9.17) is 0 Å². The molecule has 0 aliphatic heterocycles. The standard InChI is InChI=1S/C13H18BrNO/c1-10(2)15(8-7-14)13(16)12-6-4-5-11(3)9-12/h4-6,9-10H,7-8H2,1-3H3. The van der Waals surface area contributed by atoms with E-state index in [1.807, 2.05) is 49.9 Å². The zero-order chi connectivity index (χ0) is 12.1. The maximum Gasteiger partial charge on any atom is 0.254 e. The van der Waals surface area contributed by atoms with E-state index in [0.717, 1.165) is 23.0 Å². The normalized spacial score (nSPS) is 10.6. The molecule has 0 radical (unpaired) electrons. The van der Waals surface area contributed by atoms with Crippen LogP contribution in [-0.4, -0.2) is 28.7 Å². The minimum atomic E-state index is 0.109. The Kier molecular flexibility index (Phi) is 5.00. The minimum absolute atomic E-state index is 0.109. The second-order valence-electron chi connectivity index (χ2n) is 4.15. The summed E-state index contributed by atoms with van der Waals surface area (Å²) >= 11 is 3.38. The fourth-order valence-corrected chi connectivity index (χ4v) is 2.01. The molecule has 0 N–H and O–H groups in total. The largest absolute Gasteiger partial charge is 0.335 e. The highest BCUT2D eigenvalue weighted by atomic mass is 79.9. The Bertz CT molecular complexity index is 363. The van der Waals surface area contributed by atoms with Crippen molar-refractivity contribution < 1.29 is 4.79 Å². The number of hydrogen-bond acceptors (Lipinski definition) is 1. The van der Waals surface area contributed by atoms with Crippen LogP contribution in [0.2, 0.25) is 0 Å². The number of carbonyl (C=O) groups is 1. The van der Waals surface area contributed by atoms with Crippen molar-refractivity contribution in [2.24, 2.45) is 0 Å². The van der Waals surface area contributed by atoms with E-state index in [2.05, 4.69) is 15.9 Å². The molecule has 2 nitrogen and oxygen atoms in total. The Hall–Kier alpha value is -0.830. The van der Waals surface area contributed by atoms with E-state index in [0.29, 0.717) is 0 Å². The van der Waals surface area contributed by atoms with Crippen molar-refractivity contribution in [2.75, 3.05) is 11.9 Å². The molecule has 0 aromatic heterocycles. The van der Waals surface area contributed by atoms with Gasteiger partial charge in [0.15, 0.2) is 0 Å². The summed E-state index contributed by atoms with van der Waals surface area (Å²) in [5, 5.41) is 0.808. The molecule has 0 spiro atoms. The second-order valence-corrected chi connectivity index (χ2v) is 4.94. The number of benzene rings is 1. The summed E-state index contributed by atoms with van der Waals surface area (Å²) in [4.78, 5) is 14.1. The molecular formula is C13H18BrNO. The maximum atomic E-state index is 12.2. The first kappa shape index (κ1) is 13.2. The van der Waals surface area contributed by atoms with Gasteiger partial charge in [-0.2, -0.15) is 0 Å². The van der Waals surface area contributed by atoms with Gasteiger partial charge in [0, 0.05) is 23.5 Å². The van der Waals surface area contributed by atoms with Gasteiger partial charge in [-0.25, -0.2) is 0 Å². The molecule has 0 saturated heterocycles. The van der Waals surface area contributed by atoms with Crippen LogP contribution < -0.4 is 0 Å². The van der Waals surface area contributed by atoms with Gasteiger partial charge in [-0.1, -0.05) is 33.6 Å². The van der Waals surface area contributed by atoms with Crippen LogP contribution in [0.5, 0.6) is 0 Å². The van der Waals surface area contributed by atoms with Gasteiger partial charge in [-0.05, 0) is 32.9 Å². The van der Waals surface area contributed by atoms with Gasteiger partial charge >= 0.3 is 0 Å². The molecule has 0 atom stereocenters. The van der Waals surface area contributed by atoms with Crippen molar-refractivity contribution in [3.05, 3.63) is 35.4 Å². The number of rotatable bonds is 4. The van der Waals surface area contributed by atoms with Crippen LogP contribution in [0.1, 0.15) is 29.8 Å². The topological polar surface area (TPSA) is 20.3 Å². The molecule has 1 aromatic carbocycles. The molecule has 0 fully saturated rings. The predicted molar refractivity (Wildman–Crippen MR) is 71.1 cm³/mol. The molecule has 0 aliphatic rings. The van der Waals surface area contributed by atoms with E-state index in [9.17, 15) is 4.79 Å². The van der Waals surface area contributed by atoms with Gasteiger partial charge in [-0.3, -0.25) is 4.79 Å². The summed E-state index contributed by atoms with van der Waals surface area (Å²) in [6.07, 6.45) is 0. The lowest BCUT2D eigenvalue weighted by Crippen LogP contribution is -2.38. The van der Waals surface area contributed by atoms with Crippen molar-refractivity contribution in [3.63, 3.8) is 0 Å². The lowest BCUT2D eigenvalue weighted by atomic mass is 10.1. The van der Waals surface area contributed by atoms with E-state index in [1.165, 1.54) is 0 Å². The zero-order valence-corrected chi connectivity index (χ0v) is 11.6. The quantitative estimate of drug-likeness (QED) is 0.777. The average Bonchev–Trinajstić information content (AvgIpc) is 2.24. The Morgan fingerprint density at radius 1 is 1.44 bits per heavy atom. The average molecular weight is 284 g/mol. The van der Waals surface area contributed by atoms with Crippen molar-refractivity contribution in [2.45, 2.75) is 26.8 Å². The zero-order valence-electron chi connectivity index (χ0n) is 10.0. The summed E-state index contributed by atoms with van der Waals surface area (Å²) in [7, 11) is 0. The van der Waals surface area contributed by atoms with Gasteiger partial charge in [0.25, 0.3) is 5.91 Å². The molecular weight excluding hydrogens is 266 g/mol. The van der Waals surface area contributed by atoms with Crippen molar-refractivity contribution in [1.29, 1.82) is 0 Å². The number of carbonyl (C=O) groups excluding carboxylic acids is 1. The Morgan fingerprint density at radius 3 is 2.62 bits per heavy atom. The number of hydrogen-bond donors (Lipinski definition) is 0. The van der Waals surface area contributed by atoms with Crippen LogP contribution in [-0.2, 0) is 0 Å². The van der Waals surface area contributed by atoms with Crippen molar-refractivity contribution >= 4 is 21.8 Å². The van der Waals surface area contributed by atoms with Gasteiger partial charge in [0.1, 0.15) is 0 Å². The van der Waals surface area contributed by atoms with E-state index in [-0.39, 0.29) is 11.9 Å². The van der Waals surface area contributed by atoms with Crippen molar-refractivity contribution in [1.82, 2.24) is 4.90 Å². The number of alkyl halides is 1. The lowest BCUT2D eigenvalue weighted by molar-refractivity contribution is 0.0719. The summed E-state index contributed by atoms with van der Waals surface area (Å²) in [5.41, 5.74) is 1.89. The van der Waals surface area contributed by atoms with Crippen LogP contribution in [0.4, 0.5) is 0 Å². The predicted octanol–water partition coefficient (Wildman–Crippen LogP) is 3.24. The molecule has 1 aromatic rings. The summed E-state index contributed by atoms with van der Waals surface area (Å²) in [6, 6.07) is 7.96. The third-order valence-corrected chi connectivity index (χ3v) is 2.83. The van der Waals surface area contributed by atoms with E-state index in [1.54, 1.807) is 0 Å². The maximum absolute atomic E-state index is 12.2. The van der Waals surface area contributed by atoms with Gasteiger partial charge in [0.2, 0.25) is 0 Å². The van der Waals surface area contributed by atoms with Crippen LogP contribution in [0.25, 0.3) is 0 Å². The van der Waals surface area contributed by atoms with Gasteiger partial charge < -0.3 is 4.90 Å². The number of halogens is 1. The molecule has 0 aliphatic carbocycles. The molecule has 0 unspecified atom stereocenters. The first-order valence-corrected chi connectivity index (χ1v) is 6.62. The fourth-order valence-electron chi connectivity index (χ4n) is 1.63. The SMILES string of the molecule is Cc1cccc(C(=O)N(CCBr)C(C)C)c1. The van der Waals surface area contributed by atoms with E-state index >= 15 is 0 Å². The second kappa shape index (κ2) is 6.04. The minimum Gasteiger partial charge on any atom is -0.335 e. The highest BCUT2D eigenvalue weighted by Gasteiger charge is 2.17. The molecule has 1 amide bonds. The van der Waals surface area contributed by atoms with Gasteiger partial charge in [-0.15, -0.1) is 0 Å². The number of nitrogens with zero attached hydrogens (tertiary/aromatic N) is 1. The molecule has 0 saturated carbocycles. The highest BCUT2D eigenvalue weighted by molar-refractivity contribution is 9.09.